The van der Waals surface area contributed by atoms with E-state index in [0.717, 1.165) is 42.7 Å². The molecule has 41 heavy (non-hydrogen) atoms. The van der Waals surface area contributed by atoms with Gasteiger partial charge in [-0.15, -0.1) is 0 Å². The third-order valence-corrected chi connectivity index (χ3v) is 7.31. The predicted octanol–water partition coefficient (Wildman–Crippen LogP) is 6.20. The van der Waals surface area contributed by atoms with Gasteiger partial charge in [-0.2, -0.15) is 0 Å². The number of ketones is 1. The molecule has 1 atom stereocenters. The monoisotopic (exact) mass is 556 g/mol. The van der Waals surface area contributed by atoms with Crippen LogP contribution in [0, 0.1) is 0 Å². The number of Topliss-reactive ketones (excluding diaryl/α,β-unsaturated/α-hetero) is 1. The number of amides is 1. The van der Waals surface area contributed by atoms with Crippen LogP contribution in [0.15, 0.2) is 72.8 Å². The number of carbonyl (C=O) groups excluding carboxylic acids is 3. The summed E-state index contributed by atoms with van der Waals surface area (Å²) >= 11 is 0. The number of piperidine rings is 1. The summed E-state index contributed by atoms with van der Waals surface area (Å²) in [5.41, 5.74) is 3.96. The molecule has 1 N–H and O–H groups in total. The van der Waals surface area contributed by atoms with E-state index in [1.807, 2.05) is 62.4 Å². The van der Waals surface area contributed by atoms with Crippen molar-refractivity contribution in [3.63, 3.8) is 0 Å². The van der Waals surface area contributed by atoms with E-state index in [4.69, 9.17) is 9.47 Å². The molecule has 216 valence electrons. The van der Waals surface area contributed by atoms with Crippen molar-refractivity contribution in [2.45, 2.75) is 65.0 Å². The summed E-state index contributed by atoms with van der Waals surface area (Å²) in [6, 6.07) is 22.2. The highest BCUT2D eigenvalue weighted by Gasteiger charge is 2.24. The molecular weight excluding hydrogens is 516 g/mol. The fraction of sp³-hybridized carbons (Fsp3) is 0.382. The lowest BCUT2D eigenvalue weighted by Gasteiger charge is -2.32. The first kappa shape index (κ1) is 29.8. The van der Waals surface area contributed by atoms with Gasteiger partial charge < -0.3 is 19.7 Å². The van der Waals surface area contributed by atoms with Crippen LogP contribution in [-0.4, -0.2) is 37.4 Å². The Morgan fingerprint density at radius 1 is 0.878 bits per heavy atom. The van der Waals surface area contributed by atoms with E-state index in [9.17, 15) is 14.4 Å². The van der Waals surface area contributed by atoms with Crippen LogP contribution in [-0.2, 0) is 27.4 Å². The van der Waals surface area contributed by atoms with Gasteiger partial charge in [-0.25, -0.2) is 4.79 Å². The zero-order valence-electron chi connectivity index (χ0n) is 24.1. The number of rotatable bonds is 13. The summed E-state index contributed by atoms with van der Waals surface area (Å²) in [7, 11) is 0. The molecule has 4 rings (SSSR count). The molecule has 0 spiro atoms. The molecule has 1 heterocycles. The minimum atomic E-state index is -0.485. The average Bonchev–Trinajstić information content (AvgIpc) is 3.00. The Labute approximate surface area is 242 Å². The van der Waals surface area contributed by atoms with Crippen molar-refractivity contribution in [1.82, 2.24) is 5.32 Å². The second-order valence-electron chi connectivity index (χ2n) is 10.3. The molecule has 3 aromatic carbocycles. The molecule has 0 bridgehead atoms. The molecule has 0 aliphatic carbocycles. The number of anilines is 1. The number of carbonyl (C=O) groups is 3. The molecule has 0 aromatic heterocycles. The minimum Gasteiger partial charge on any atom is -0.493 e. The van der Waals surface area contributed by atoms with Crippen molar-refractivity contribution in [2.24, 2.45) is 0 Å². The van der Waals surface area contributed by atoms with E-state index in [2.05, 4.69) is 16.3 Å². The van der Waals surface area contributed by atoms with E-state index >= 15 is 0 Å². The number of hydrogen-bond acceptors (Lipinski definition) is 6. The van der Waals surface area contributed by atoms with Gasteiger partial charge in [-0.3, -0.25) is 9.59 Å². The number of benzene rings is 3. The van der Waals surface area contributed by atoms with E-state index in [1.54, 1.807) is 18.2 Å². The second-order valence-corrected chi connectivity index (χ2v) is 10.3. The Bertz CT molecular complexity index is 1320. The maximum absolute atomic E-state index is 13.3. The molecule has 0 radical (unpaired) electrons. The Morgan fingerprint density at radius 3 is 2.34 bits per heavy atom. The molecule has 1 aliphatic heterocycles. The second kappa shape index (κ2) is 15.0. The van der Waals surface area contributed by atoms with Crippen molar-refractivity contribution in [3.8, 4) is 5.75 Å². The highest BCUT2D eigenvalue weighted by atomic mass is 16.5. The molecule has 1 fully saturated rings. The smallest absolute Gasteiger partial charge is 0.342 e. The normalized spacial score (nSPS) is 13.8. The maximum atomic E-state index is 13.3. The Balaban J connectivity index is 1.48. The largest absolute Gasteiger partial charge is 0.493 e. The van der Waals surface area contributed by atoms with Crippen LogP contribution in [0.1, 0.15) is 79.0 Å². The van der Waals surface area contributed by atoms with Gasteiger partial charge in [0.25, 0.3) is 0 Å². The fourth-order valence-electron chi connectivity index (χ4n) is 5.17. The van der Waals surface area contributed by atoms with Crippen LogP contribution >= 0.6 is 0 Å². The first-order chi connectivity index (χ1) is 20.0. The molecule has 7 heteroatoms. The van der Waals surface area contributed by atoms with E-state index in [1.165, 1.54) is 6.42 Å². The average molecular weight is 557 g/mol. The summed E-state index contributed by atoms with van der Waals surface area (Å²) < 4.78 is 11.2. The molecule has 3 aromatic rings. The third kappa shape index (κ3) is 8.43. The lowest BCUT2D eigenvalue weighted by Crippen LogP contribution is -2.35. The molecule has 1 aliphatic rings. The Kier molecular flexibility index (Phi) is 10.9. The van der Waals surface area contributed by atoms with E-state index < -0.39 is 12.0 Å². The highest BCUT2D eigenvalue weighted by Crippen LogP contribution is 2.31. The quantitative estimate of drug-likeness (QED) is 0.252. The van der Waals surface area contributed by atoms with Crippen LogP contribution in [0.25, 0.3) is 0 Å². The van der Waals surface area contributed by atoms with Gasteiger partial charge in [0.15, 0.2) is 0 Å². The van der Waals surface area contributed by atoms with Crippen molar-refractivity contribution in [1.29, 1.82) is 0 Å². The van der Waals surface area contributed by atoms with Crippen LogP contribution < -0.4 is 15.0 Å². The van der Waals surface area contributed by atoms with Crippen LogP contribution in [0.5, 0.6) is 5.75 Å². The first-order valence-electron chi connectivity index (χ1n) is 14.6. The molecular formula is C34H40N2O5. The van der Waals surface area contributed by atoms with Gasteiger partial charge in [0, 0.05) is 31.6 Å². The summed E-state index contributed by atoms with van der Waals surface area (Å²) in [6.07, 6.45) is 4.23. The third-order valence-electron chi connectivity index (χ3n) is 7.31. The Hall–Kier alpha value is -4.13. The molecule has 1 unspecified atom stereocenters. The van der Waals surface area contributed by atoms with Crippen molar-refractivity contribution >= 4 is 23.3 Å². The topological polar surface area (TPSA) is 84.9 Å². The van der Waals surface area contributed by atoms with Crippen molar-refractivity contribution in [2.75, 3.05) is 24.6 Å². The molecule has 1 amide bonds. The zero-order chi connectivity index (χ0) is 29.0. The first-order valence-corrected chi connectivity index (χ1v) is 14.6. The standard InChI is InChI=1S/C34H40N2O5/c1-3-27(37)23-30(28-15-9-10-16-31(28)36-19-11-6-12-20-36)35-33(38)22-26-17-18-29(32(21-26)40-4-2)34(39)41-24-25-13-7-5-8-14-25/h5,7-10,13-18,21,30H,3-4,6,11-12,19-20,22-24H2,1-2H3,(H,35,38). The fourth-order valence-corrected chi connectivity index (χ4v) is 5.17. The van der Waals surface area contributed by atoms with Crippen molar-refractivity contribution in [3.05, 3.63) is 95.1 Å². The SMILES string of the molecule is CCOc1cc(CC(=O)NC(CC(=O)CC)c2ccccc2N2CCCCC2)ccc1C(=O)OCc1ccccc1. The van der Waals surface area contributed by atoms with Gasteiger partial charge in [-0.1, -0.05) is 61.5 Å². The van der Waals surface area contributed by atoms with E-state index in [-0.39, 0.29) is 31.1 Å². The number of esters is 1. The number of para-hydroxylation sites is 1. The summed E-state index contributed by atoms with van der Waals surface area (Å²) in [6.45, 7) is 6.15. The number of nitrogens with one attached hydrogen (secondary N) is 1. The zero-order valence-corrected chi connectivity index (χ0v) is 24.1. The predicted molar refractivity (Wildman–Crippen MR) is 160 cm³/mol. The molecule has 7 nitrogen and oxygen atoms in total. The lowest BCUT2D eigenvalue weighted by molar-refractivity contribution is -0.122. The Morgan fingerprint density at radius 2 is 1.61 bits per heavy atom. The van der Waals surface area contributed by atoms with Gasteiger partial charge in [0.05, 0.1) is 19.1 Å². The van der Waals surface area contributed by atoms with Gasteiger partial charge in [-0.05, 0) is 61.1 Å². The summed E-state index contributed by atoms with van der Waals surface area (Å²) in [5, 5.41) is 3.13. The van der Waals surface area contributed by atoms with Gasteiger partial charge in [0.1, 0.15) is 23.7 Å². The molecule has 1 saturated heterocycles. The number of hydrogen-bond donors (Lipinski definition) is 1. The lowest BCUT2D eigenvalue weighted by atomic mass is 9.96. The van der Waals surface area contributed by atoms with Crippen molar-refractivity contribution < 1.29 is 23.9 Å². The maximum Gasteiger partial charge on any atom is 0.342 e. The van der Waals surface area contributed by atoms with Crippen LogP contribution in [0.3, 0.4) is 0 Å². The van der Waals surface area contributed by atoms with Crippen LogP contribution in [0.2, 0.25) is 0 Å². The van der Waals surface area contributed by atoms with E-state index in [0.29, 0.717) is 29.9 Å². The van der Waals surface area contributed by atoms with Gasteiger partial charge in [0.2, 0.25) is 5.91 Å². The minimum absolute atomic E-state index is 0.0854. The molecule has 0 saturated carbocycles. The number of ether oxygens (including phenoxy) is 2. The summed E-state index contributed by atoms with van der Waals surface area (Å²) in [4.78, 5) is 41.1. The van der Waals surface area contributed by atoms with Gasteiger partial charge >= 0.3 is 5.97 Å². The number of nitrogens with zero attached hydrogens (tertiary/aromatic N) is 1. The van der Waals surface area contributed by atoms with Crippen LogP contribution in [0.4, 0.5) is 5.69 Å². The summed E-state index contributed by atoms with van der Waals surface area (Å²) in [5.74, 6) is -0.209. The highest BCUT2D eigenvalue weighted by molar-refractivity contribution is 5.93.